The number of nitrogens with zero attached hydrogens (tertiary/aromatic N) is 1. The number of amides is 1. The smallest absolute Gasteiger partial charge is 0.262 e. The Bertz CT molecular complexity index is 1020. The van der Waals surface area contributed by atoms with Gasteiger partial charge in [0.1, 0.15) is 24.0 Å². The molecule has 0 unspecified atom stereocenters. The third-order valence-electron chi connectivity index (χ3n) is 5.02. The molecule has 2 aromatic carbocycles. The minimum atomic E-state index is -0.308. The van der Waals surface area contributed by atoms with Crippen LogP contribution >= 0.6 is 68.4 Å². The van der Waals surface area contributed by atoms with Gasteiger partial charge >= 0.3 is 0 Å². The Morgan fingerprint density at radius 3 is 2.45 bits per heavy atom. The fourth-order valence-corrected chi connectivity index (χ4v) is 6.01. The average molecular weight is 681 g/mol. The van der Waals surface area contributed by atoms with Crippen molar-refractivity contribution in [2.45, 2.75) is 44.8 Å². The topological polar surface area (TPSA) is 62.1 Å². The average Bonchev–Trinajstić information content (AvgIpc) is 2.73. The normalized spacial score (nSPS) is 14.7. The number of ether oxygens (including phenoxy) is 1. The molecule has 0 atom stereocenters. The maximum absolute atomic E-state index is 12.5. The lowest BCUT2D eigenvalue weighted by Gasteiger charge is -2.22. The van der Waals surface area contributed by atoms with Crippen LogP contribution < -0.4 is 10.1 Å². The molecular weight excluding hydrogens is 661 g/mol. The highest BCUT2D eigenvalue weighted by atomic mass is 127. The minimum absolute atomic E-state index is 0.110. The van der Waals surface area contributed by atoms with Crippen molar-refractivity contribution in [2.75, 3.05) is 0 Å². The van der Waals surface area contributed by atoms with Crippen LogP contribution in [0.4, 0.5) is 0 Å². The zero-order valence-corrected chi connectivity index (χ0v) is 22.4. The maximum atomic E-state index is 12.5. The molecule has 0 aromatic heterocycles. The van der Waals surface area contributed by atoms with Crippen molar-refractivity contribution < 1.29 is 9.53 Å². The second-order valence-electron chi connectivity index (χ2n) is 7.32. The van der Waals surface area contributed by atoms with E-state index in [9.17, 15) is 10.1 Å². The van der Waals surface area contributed by atoms with Gasteiger partial charge in [-0.3, -0.25) is 4.79 Å². The molecule has 0 radical (unpaired) electrons. The van der Waals surface area contributed by atoms with Gasteiger partial charge in [-0.2, -0.15) is 5.26 Å². The second kappa shape index (κ2) is 11.7. The molecule has 1 amide bonds. The highest BCUT2D eigenvalue weighted by Crippen LogP contribution is 2.31. The van der Waals surface area contributed by atoms with Gasteiger partial charge in [-0.15, -0.1) is 0 Å². The number of halogens is 4. The van der Waals surface area contributed by atoms with Crippen molar-refractivity contribution in [3.63, 3.8) is 0 Å². The first-order valence-corrected chi connectivity index (χ1v) is 12.8. The molecule has 31 heavy (non-hydrogen) atoms. The van der Waals surface area contributed by atoms with Crippen LogP contribution in [0.25, 0.3) is 6.08 Å². The molecule has 0 heterocycles. The molecule has 0 saturated heterocycles. The van der Waals surface area contributed by atoms with Gasteiger partial charge in [-0.1, -0.05) is 48.5 Å². The van der Waals surface area contributed by atoms with Crippen molar-refractivity contribution in [3.8, 4) is 11.8 Å². The van der Waals surface area contributed by atoms with Gasteiger partial charge in [0.05, 0.1) is 7.14 Å². The number of hydrogen-bond donors (Lipinski definition) is 1. The summed E-state index contributed by atoms with van der Waals surface area (Å²) in [5, 5.41) is 13.6. The van der Waals surface area contributed by atoms with Crippen LogP contribution in [0.3, 0.4) is 0 Å². The number of nitrogens with one attached hydrogen (secondary N) is 1. The molecule has 3 rings (SSSR count). The van der Waals surface area contributed by atoms with Crippen molar-refractivity contribution in [2.24, 2.45) is 0 Å². The summed E-state index contributed by atoms with van der Waals surface area (Å²) < 4.78 is 7.76. The Hall–Kier alpha value is -1.02. The molecule has 0 aliphatic heterocycles. The number of hydrogen-bond acceptors (Lipinski definition) is 3. The Morgan fingerprint density at radius 1 is 1.16 bits per heavy atom. The van der Waals surface area contributed by atoms with E-state index in [0.29, 0.717) is 16.7 Å². The van der Waals surface area contributed by atoms with E-state index >= 15 is 0 Å². The first-order chi connectivity index (χ1) is 14.9. The van der Waals surface area contributed by atoms with E-state index in [4.69, 9.17) is 27.9 Å². The molecule has 2 aromatic rings. The van der Waals surface area contributed by atoms with Gasteiger partial charge in [0.25, 0.3) is 5.91 Å². The molecule has 1 N–H and O–H groups in total. The third kappa shape index (κ3) is 6.98. The lowest BCUT2D eigenvalue weighted by molar-refractivity contribution is -0.117. The molecule has 8 heteroatoms. The Kier molecular flexibility index (Phi) is 9.32. The lowest BCUT2D eigenvalue weighted by atomic mass is 9.95. The van der Waals surface area contributed by atoms with Crippen molar-refractivity contribution >= 4 is 80.4 Å². The van der Waals surface area contributed by atoms with E-state index in [1.165, 1.54) is 6.42 Å². The number of benzene rings is 2. The van der Waals surface area contributed by atoms with Crippen LogP contribution in [0, 0.1) is 18.5 Å². The zero-order valence-electron chi connectivity index (χ0n) is 16.6. The first kappa shape index (κ1) is 24.6. The molecular formula is C23H20Cl2I2N2O2. The van der Waals surface area contributed by atoms with Crippen LogP contribution in [0.2, 0.25) is 10.0 Å². The fourth-order valence-electron chi connectivity index (χ4n) is 3.41. The Morgan fingerprint density at radius 2 is 1.84 bits per heavy atom. The predicted molar refractivity (Wildman–Crippen MR) is 141 cm³/mol. The molecule has 1 aliphatic carbocycles. The molecule has 0 spiro atoms. The lowest BCUT2D eigenvalue weighted by Crippen LogP contribution is -2.36. The number of carbonyl (C=O) groups is 1. The van der Waals surface area contributed by atoms with Crippen LogP contribution in [0.5, 0.6) is 5.75 Å². The number of carbonyl (C=O) groups excluding carboxylic acids is 1. The van der Waals surface area contributed by atoms with Gasteiger partial charge in [0.2, 0.25) is 0 Å². The van der Waals surface area contributed by atoms with Crippen LogP contribution in [-0.4, -0.2) is 11.9 Å². The van der Waals surface area contributed by atoms with E-state index in [1.54, 1.807) is 18.2 Å². The summed E-state index contributed by atoms with van der Waals surface area (Å²) in [5.41, 5.74) is 1.73. The third-order valence-corrected chi connectivity index (χ3v) is 7.21. The molecule has 1 saturated carbocycles. The highest BCUT2D eigenvalue weighted by molar-refractivity contribution is 14.1. The van der Waals surface area contributed by atoms with E-state index in [2.05, 4.69) is 50.5 Å². The quantitative estimate of drug-likeness (QED) is 0.201. The second-order valence-corrected chi connectivity index (χ2v) is 10.5. The first-order valence-electron chi connectivity index (χ1n) is 9.86. The summed E-state index contributed by atoms with van der Waals surface area (Å²) in [7, 11) is 0. The molecule has 1 fully saturated rings. The maximum Gasteiger partial charge on any atom is 0.262 e. The van der Waals surface area contributed by atoms with Crippen molar-refractivity contribution in [1.82, 2.24) is 5.32 Å². The summed E-state index contributed by atoms with van der Waals surface area (Å²) >= 11 is 16.6. The number of rotatable bonds is 6. The number of nitriles is 1. The van der Waals surface area contributed by atoms with Crippen LogP contribution in [-0.2, 0) is 11.4 Å². The van der Waals surface area contributed by atoms with E-state index < -0.39 is 0 Å². The molecule has 4 nitrogen and oxygen atoms in total. The Balaban J connectivity index is 1.73. The van der Waals surface area contributed by atoms with Crippen molar-refractivity contribution in [3.05, 3.63) is 64.2 Å². The minimum Gasteiger partial charge on any atom is -0.487 e. The van der Waals surface area contributed by atoms with Gasteiger partial charge in [0.15, 0.2) is 0 Å². The van der Waals surface area contributed by atoms with Gasteiger partial charge in [-0.25, -0.2) is 0 Å². The fraction of sp³-hybridized carbons (Fsp3) is 0.304. The van der Waals surface area contributed by atoms with Gasteiger partial charge in [-0.05, 0) is 93.9 Å². The van der Waals surface area contributed by atoms with E-state index in [0.717, 1.165) is 49.7 Å². The SMILES string of the molecule is N#C/C(=C\c1cc(I)c(OCc2ccc(Cl)cc2Cl)c(I)c1)C(=O)NC1CCCCC1. The van der Waals surface area contributed by atoms with Gasteiger partial charge < -0.3 is 10.1 Å². The van der Waals surface area contributed by atoms with Gasteiger partial charge in [0, 0.05) is 21.7 Å². The summed E-state index contributed by atoms with van der Waals surface area (Å²) in [6.45, 7) is 0.310. The standard InChI is InChI=1S/C23H20Cl2I2N2O2/c24-17-7-6-15(19(25)11-17)13-31-22-20(26)9-14(10-21(22)27)8-16(12-28)23(30)29-18-4-2-1-3-5-18/h6-11,18H,1-5,13H2,(H,29,30)/b16-8+. The highest BCUT2D eigenvalue weighted by Gasteiger charge is 2.18. The van der Waals surface area contributed by atoms with E-state index in [-0.39, 0.29) is 17.5 Å². The predicted octanol–water partition coefficient (Wildman–Crippen LogP) is 7.14. The van der Waals surface area contributed by atoms with Crippen molar-refractivity contribution in [1.29, 1.82) is 5.26 Å². The summed E-state index contributed by atoms with van der Waals surface area (Å²) in [6.07, 6.45) is 7.03. The Labute approximate surface area is 219 Å². The largest absolute Gasteiger partial charge is 0.487 e. The summed E-state index contributed by atoms with van der Waals surface area (Å²) in [5.74, 6) is 0.423. The monoisotopic (exact) mass is 680 g/mol. The zero-order chi connectivity index (χ0) is 22.4. The summed E-state index contributed by atoms with van der Waals surface area (Å²) in [4.78, 5) is 12.5. The van der Waals surface area contributed by atoms with Crippen LogP contribution in [0.1, 0.15) is 43.2 Å². The molecule has 1 aliphatic rings. The molecule has 162 valence electrons. The summed E-state index contributed by atoms with van der Waals surface area (Å²) in [6, 6.07) is 11.3. The van der Waals surface area contributed by atoms with Crippen LogP contribution in [0.15, 0.2) is 35.9 Å². The van der Waals surface area contributed by atoms with E-state index in [1.807, 2.05) is 24.3 Å². The molecule has 0 bridgehead atoms.